The molecule has 1 fully saturated rings. The van der Waals surface area contributed by atoms with Gasteiger partial charge >= 0.3 is 0 Å². The first-order chi connectivity index (χ1) is 9.13. The Kier molecular flexibility index (Phi) is 3.26. The topological polar surface area (TPSA) is 59.8 Å². The summed E-state index contributed by atoms with van der Waals surface area (Å²) in [5.41, 5.74) is 2.94. The first-order valence-electron chi connectivity index (χ1n) is 6.54. The van der Waals surface area contributed by atoms with Gasteiger partial charge in [0.2, 0.25) is 0 Å². The quantitative estimate of drug-likeness (QED) is 0.906. The predicted molar refractivity (Wildman–Crippen MR) is 77.8 cm³/mol. The summed E-state index contributed by atoms with van der Waals surface area (Å²) in [4.78, 5) is 4.46. The molecule has 0 aliphatic carbocycles. The molecule has 0 bridgehead atoms. The normalized spacial score (nSPS) is 23.7. The van der Waals surface area contributed by atoms with Crippen LogP contribution in [0.2, 0.25) is 0 Å². The second-order valence-corrected chi connectivity index (χ2v) is 6.77. The molecule has 6 heteroatoms. The van der Waals surface area contributed by atoms with Crippen LogP contribution >= 0.6 is 0 Å². The maximum atomic E-state index is 11.3. The molecule has 2 aromatic heterocycles. The third-order valence-corrected chi connectivity index (χ3v) is 5.00. The van der Waals surface area contributed by atoms with Crippen molar-refractivity contribution in [3.05, 3.63) is 18.0 Å². The first kappa shape index (κ1) is 12.6. The summed E-state index contributed by atoms with van der Waals surface area (Å²) in [6, 6.07) is 2.52. The van der Waals surface area contributed by atoms with E-state index in [2.05, 4.69) is 21.5 Å². The van der Waals surface area contributed by atoms with E-state index in [1.54, 1.807) is 4.68 Å². The van der Waals surface area contributed by atoms with Gasteiger partial charge in [0.05, 0.1) is 17.6 Å². The van der Waals surface area contributed by atoms with E-state index in [-0.39, 0.29) is 0 Å². The maximum absolute atomic E-state index is 11.3. The number of hydrogen-bond acceptors (Lipinski definition) is 4. The molecule has 5 nitrogen and oxygen atoms in total. The highest BCUT2D eigenvalue weighted by Gasteiger charge is 2.18. The Morgan fingerprint density at radius 1 is 1.42 bits per heavy atom. The lowest BCUT2D eigenvalue weighted by atomic mass is 10.1. The van der Waals surface area contributed by atoms with Crippen LogP contribution in [0.25, 0.3) is 11.0 Å². The fourth-order valence-electron chi connectivity index (χ4n) is 2.56. The maximum Gasteiger partial charge on any atom is 0.157 e. The Labute approximate surface area is 114 Å². The lowest BCUT2D eigenvalue weighted by Gasteiger charge is -2.23. The van der Waals surface area contributed by atoms with Gasteiger partial charge in [-0.3, -0.25) is 8.89 Å². The summed E-state index contributed by atoms with van der Waals surface area (Å²) in [6.45, 7) is 2.00. The van der Waals surface area contributed by atoms with Gasteiger partial charge in [-0.15, -0.1) is 0 Å². The fraction of sp³-hybridized carbons (Fsp3) is 0.538. The van der Waals surface area contributed by atoms with Crippen LogP contribution in [0.3, 0.4) is 0 Å². The summed E-state index contributed by atoms with van der Waals surface area (Å²) >= 11 is 0. The van der Waals surface area contributed by atoms with Crippen LogP contribution in [0.15, 0.2) is 12.3 Å². The molecular formula is C13H18N4OS. The molecule has 0 atom stereocenters. The minimum absolute atomic E-state index is 0.411. The molecule has 2 aromatic rings. The van der Waals surface area contributed by atoms with Gasteiger partial charge in [0.1, 0.15) is 0 Å². The largest absolute Gasteiger partial charge is 0.381 e. The highest BCUT2D eigenvalue weighted by molar-refractivity contribution is 7.85. The monoisotopic (exact) mass is 278 g/mol. The zero-order chi connectivity index (χ0) is 13.4. The van der Waals surface area contributed by atoms with Crippen molar-refractivity contribution < 1.29 is 4.21 Å². The van der Waals surface area contributed by atoms with E-state index in [4.69, 9.17) is 0 Å². The Hall–Kier alpha value is -1.43. The molecule has 19 heavy (non-hydrogen) atoms. The fourth-order valence-corrected chi connectivity index (χ4v) is 3.86. The molecule has 0 spiro atoms. The van der Waals surface area contributed by atoms with Crippen LogP contribution in [-0.2, 0) is 17.8 Å². The van der Waals surface area contributed by atoms with Crippen LogP contribution in [0.5, 0.6) is 0 Å². The van der Waals surface area contributed by atoms with Crippen LogP contribution in [0.1, 0.15) is 18.5 Å². The predicted octanol–water partition coefficient (Wildman–Crippen LogP) is 1.60. The summed E-state index contributed by atoms with van der Waals surface area (Å²) in [6.07, 6.45) is 3.79. The molecule has 0 radical (unpaired) electrons. The Morgan fingerprint density at radius 3 is 2.89 bits per heavy atom. The Balaban J connectivity index is 1.81. The van der Waals surface area contributed by atoms with E-state index in [1.165, 1.54) is 0 Å². The van der Waals surface area contributed by atoms with Crippen molar-refractivity contribution in [1.29, 1.82) is 0 Å². The molecule has 3 rings (SSSR count). The molecule has 1 aliphatic heterocycles. The van der Waals surface area contributed by atoms with Crippen molar-refractivity contribution in [2.75, 3.05) is 16.8 Å². The number of anilines is 1. The lowest BCUT2D eigenvalue weighted by Crippen LogP contribution is -2.29. The average Bonchev–Trinajstić information content (AvgIpc) is 2.68. The third kappa shape index (κ3) is 2.49. The smallest absolute Gasteiger partial charge is 0.157 e. The second-order valence-electron chi connectivity index (χ2n) is 5.07. The number of nitrogens with one attached hydrogen (secondary N) is 1. The van der Waals surface area contributed by atoms with Gasteiger partial charge in [-0.1, -0.05) is 0 Å². The van der Waals surface area contributed by atoms with Gasteiger partial charge in [-0.2, -0.15) is 5.10 Å². The number of fused-ring (bicyclic) bond motifs is 1. The second kappa shape index (κ2) is 4.92. The number of pyridine rings is 1. The van der Waals surface area contributed by atoms with Gasteiger partial charge in [0.25, 0.3) is 0 Å². The van der Waals surface area contributed by atoms with E-state index in [0.29, 0.717) is 6.04 Å². The standard InChI is InChI=1S/C13H18N4OS/c1-9-12-7-11(8-14-13(12)17(2)16-9)15-10-3-5-19(18)6-4-10/h7-8,10,15H,3-6H2,1-2H3. The molecule has 0 unspecified atom stereocenters. The summed E-state index contributed by atoms with van der Waals surface area (Å²) in [5.74, 6) is 1.61. The number of rotatable bonds is 2. The number of aromatic nitrogens is 3. The van der Waals surface area contributed by atoms with Crippen LogP contribution in [-0.4, -0.2) is 36.5 Å². The van der Waals surface area contributed by atoms with Crippen molar-refractivity contribution >= 4 is 27.5 Å². The Morgan fingerprint density at radius 2 is 2.16 bits per heavy atom. The number of hydrogen-bond donors (Lipinski definition) is 1. The molecule has 3 heterocycles. The van der Waals surface area contributed by atoms with Crippen molar-refractivity contribution in [3.8, 4) is 0 Å². The van der Waals surface area contributed by atoms with Gasteiger partial charge in [0.15, 0.2) is 5.65 Å². The SMILES string of the molecule is Cc1nn(C)c2ncc(NC3CCS(=O)CC3)cc12. The molecule has 1 aliphatic rings. The zero-order valence-corrected chi connectivity index (χ0v) is 12.0. The van der Waals surface area contributed by atoms with Gasteiger partial charge in [-0.05, 0) is 25.8 Å². The zero-order valence-electron chi connectivity index (χ0n) is 11.2. The van der Waals surface area contributed by atoms with Crippen molar-refractivity contribution in [2.45, 2.75) is 25.8 Å². The minimum atomic E-state index is -0.610. The van der Waals surface area contributed by atoms with E-state index < -0.39 is 10.8 Å². The van der Waals surface area contributed by atoms with Crippen molar-refractivity contribution in [3.63, 3.8) is 0 Å². The first-order valence-corrected chi connectivity index (χ1v) is 8.03. The molecular weight excluding hydrogens is 260 g/mol. The molecule has 0 saturated carbocycles. The number of aryl methyl sites for hydroxylation is 2. The van der Waals surface area contributed by atoms with E-state index in [1.807, 2.05) is 20.2 Å². The Bertz CT molecular complexity index is 627. The lowest BCUT2D eigenvalue weighted by molar-refractivity contribution is 0.624. The van der Waals surface area contributed by atoms with E-state index in [0.717, 1.165) is 46.8 Å². The molecule has 1 N–H and O–H groups in total. The molecule has 102 valence electrons. The van der Waals surface area contributed by atoms with Crippen LogP contribution in [0.4, 0.5) is 5.69 Å². The highest BCUT2D eigenvalue weighted by atomic mass is 32.2. The number of nitrogens with zero attached hydrogens (tertiary/aromatic N) is 3. The van der Waals surface area contributed by atoms with Crippen molar-refractivity contribution in [2.24, 2.45) is 7.05 Å². The van der Waals surface area contributed by atoms with E-state index in [9.17, 15) is 4.21 Å². The van der Waals surface area contributed by atoms with Gasteiger partial charge < -0.3 is 5.32 Å². The van der Waals surface area contributed by atoms with Crippen molar-refractivity contribution in [1.82, 2.24) is 14.8 Å². The average molecular weight is 278 g/mol. The van der Waals surface area contributed by atoms with Gasteiger partial charge in [-0.25, -0.2) is 4.98 Å². The van der Waals surface area contributed by atoms with E-state index >= 15 is 0 Å². The molecule has 1 saturated heterocycles. The van der Waals surface area contributed by atoms with Gasteiger partial charge in [0, 0.05) is 40.8 Å². The summed E-state index contributed by atoms with van der Waals surface area (Å²) < 4.78 is 13.1. The highest BCUT2D eigenvalue weighted by Crippen LogP contribution is 2.21. The van der Waals surface area contributed by atoms with Crippen LogP contribution < -0.4 is 5.32 Å². The summed E-state index contributed by atoms with van der Waals surface area (Å²) in [5, 5.41) is 8.96. The summed E-state index contributed by atoms with van der Waals surface area (Å²) in [7, 11) is 1.30. The van der Waals surface area contributed by atoms with Crippen LogP contribution in [0, 0.1) is 6.92 Å². The third-order valence-electron chi connectivity index (χ3n) is 3.62. The minimum Gasteiger partial charge on any atom is -0.381 e. The molecule has 0 amide bonds. The molecule has 0 aromatic carbocycles.